The SMILES string of the molecule is COc1ccccc1-c1nc(CN2CCC[C@H]2C(C)(C)O)cs1. The molecule has 3 rings (SSSR count). The van der Waals surface area contributed by atoms with E-state index in [1.807, 2.05) is 38.1 Å². The summed E-state index contributed by atoms with van der Waals surface area (Å²) in [7, 11) is 1.69. The van der Waals surface area contributed by atoms with Gasteiger partial charge in [-0.15, -0.1) is 11.3 Å². The molecule has 1 fully saturated rings. The number of ether oxygens (including phenoxy) is 1. The van der Waals surface area contributed by atoms with E-state index in [9.17, 15) is 5.11 Å². The minimum Gasteiger partial charge on any atom is -0.496 e. The molecule has 0 saturated carbocycles. The average Bonchev–Trinajstić information content (AvgIpc) is 3.16. The van der Waals surface area contributed by atoms with Gasteiger partial charge in [-0.05, 0) is 45.4 Å². The van der Waals surface area contributed by atoms with Gasteiger partial charge in [-0.2, -0.15) is 0 Å². The van der Waals surface area contributed by atoms with E-state index >= 15 is 0 Å². The number of hydrogen-bond donors (Lipinski definition) is 1. The Morgan fingerprint density at radius 1 is 1.39 bits per heavy atom. The second-order valence-corrected chi connectivity index (χ2v) is 7.48. The molecule has 23 heavy (non-hydrogen) atoms. The van der Waals surface area contributed by atoms with Gasteiger partial charge < -0.3 is 9.84 Å². The molecule has 1 aromatic carbocycles. The van der Waals surface area contributed by atoms with Crippen LogP contribution in [0.25, 0.3) is 10.6 Å². The summed E-state index contributed by atoms with van der Waals surface area (Å²) in [6, 6.07) is 8.18. The Labute approximate surface area is 141 Å². The zero-order valence-corrected chi connectivity index (χ0v) is 14.8. The van der Waals surface area contributed by atoms with Crippen molar-refractivity contribution in [3.8, 4) is 16.3 Å². The van der Waals surface area contributed by atoms with Crippen molar-refractivity contribution in [1.82, 2.24) is 9.88 Å². The molecule has 1 aliphatic rings. The van der Waals surface area contributed by atoms with E-state index in [0.717, 1.165) is 47.9 Å². The van der Waals surface area contributed by atoms with E-state index in [-0.39, 0.29) is 6.04 Å². The minimum atomic E-state index is -0.669. The first-order valence-electron chi connectivity index (χ1n) is 8.03. The van der Waals surface area contributed by atoms with Gasteiger partial charge in [0.2, 0.25) is 0 Å². The van der Waals surface area contributed by atoms with Crippen molar-refractivity contribution in [3.05, 3.63) is 35.3 Å². The molecular formula is C18H24N2O2S. The third kappa shape index (κ3) is 3.57. The lowest BCUT2D eigenvalue weighted by atomic mass is 9.96. The van der Waals surface area contributed by atoms with Crippen molar-refractivity contribution < 1.29 is 9.84 Å². The predicted molar refractivity (Wildman–Crippen MR) is 93.8 cm³/mol. The number of aliphatic hydroxyl groups is 1. The summed E-state index contributed by atoms with van der Waals surface area (Å²) in [4.78, 5) is 7.13. The summed E-state index contributed by atoms with van der Waals surface area (Å²) in [5, 5.41) is 13.4. The second kappa shape index (κ2) is 6.59. The normalized spacial score (nSPS) is 19.2. The third-order valence-corrected chi connectivity index (χ3v) is 5.36. The smallest absolute Gasteiger partial charge is 0.129 e. The largest absolute Gasteiger partial charge is 0.496 e. The van der Waals surface area contributed by atoms with Crippen LogP contribution >= 0.6 is 11.3 Å². The number of nitrogens with zero attached hydrogens (tertiary/aromatic N) is 2. The van der Waals surface area contributed by atoms with Crippen molar-refractivity contribution in [2.24, 2.45) is 0 Å². The van der Waals surface area contributed by atoms with Gasteiger partial charge in [-0.25, -0.2) is 4.98 Å². The molecule has 1 aliphatic heterocycles. The molecular weight excluding hydrogens is 308 g/mol. The lowest BCUT2D eigenvalue weighted by Crippen LogP contribution is -2.45. The topological polar surface area (TPSA) is 45.6 Å². The molecule has 0 spiro atoms. The highest BCUT2D eigenvalue weighted by Gasteiger charge is 2.35. The quantitative estimate of drug-likeness (QED) is 0.909. The van der Waals surface area contributed by atoms with Crippen molar-refractivity contribution in [1.29, 1.82) is 0 Å². The van der Waals surface area contributed by atoms with Crippen LogP contribution in [-0.2, 0) is 6.54 Å². The summed E-state index contributed by atoms with van der Waals surface area (Å²) in [5.74, 6) is 0.851. The Kier molecular flexibility index (Phi) is 4.71. The minimum absolute atomic E-state index is 0.207. The number of likely N-dealkylation sites (tertiary alicyclic amines) is 1. The van der Waals surface area contributed by atoms with Gasteiger partial charge in [0.15, 0.2) is 0 Å². The average molecular weight is 332 g/mol. The number of aromatic nitrogens is 1. The molecule has 0 bridgehead atoms. The molecule has 5 heteroatoms. The van der Waals surface area contributed by atoms with Crippen LogP contribution < -0.4 is 4.74 Å². The Bertz CT molecular complexity index is 663. The highest BCUT2D eigenvalue weighted by Crippen LogP contribution is 2.33. The Morgan fingerprint density at radius 2 is 2.17 bits per heavy atom. The fourth-order valence-corrected chi connectivity index (χ4v) is 4.19. The molecule has 2 heterocycles. The Morgan fingerprint density at radius 3 is 2.91 bits per heavy atom. The first kappa shape index (κ1) is 16.4. The van der Waals surface area contributed by atoms with E-state index in [4.69, 9.17) is 9.72 Å². The van der Waals surface area contributed by atoms with Crippen LogP contribution in [0.4, 0.5) is 0 Å². The molecule has 2 aromatic rings. The standard InChI is InChI=1S/C18H24N2O2S/c1-18(2,21)16-9-6-10-20(16)11-13-12-23-17(19-13)14-7-4-5-8-15(14)22-3/h4-5,7-8,12,16,21H,6,9-11H2,1-3H3/t16-/m0/s1. The van der Waals surface area contributed by atoms with Crippen molar-refractivity contribution in [2.75, 3.05) is 13.7 Å². The lowest BCUT2D eigenvalue weighted by Gasteiger charge is -2.33. The summed E-state index contributed by atoms with van der Waals surface area (Å²) in [6.45, 7) is 5.62. The van der Waals surface area contributed by atoms with Gasteiger partial charge in [0, 0.05) is 18.0 Å². The maximum absolute atomic E-state index is 10.3. The number of rotatable bonds is 5. The Balaban J connectivity index is 1.77. The molecule has 0 amide bonds. The molecule has 0 radical (unpaired) electrons. The van der Waals surface area contributed by atoms with Crippen molar-refractivity contribution >= 4 is 11.3 Å². The van der Waals surface area contributed by atoms with Gasteiger partial charge in [0.1, 0.15) is 10.8 Å². The van der Waals surface area contributed by atoms with Crippen LogP contribution in [0.5, 0.6) is 5.75 Å². The molecule has 0 unspecified atom stereocenters. The molecule has 124 valence electrons. The van der Waals surface area contributed by atoms with Crippen molar-refractivity contribution in [3.63, 3.8) is 0 Å². The number of benzene rings is 1. The maximum Gasteiger partial charge on any atom is 0.129 e. The fraction of sp³-hybridized carbons (Fsp3) is 0.500. The molecule has 1 N–H and O–H groups in total. The van der Waals surface area contributed by atoms with E-state index < -0.39 is 5.60 Å². The van der Waals surface area contributed by atoms with Crippen LogP contribution in [-0.4, -0.2) is 40.3 Å². The maximum atomic E-state index is 10.3. The van der Waals surface area contributed by atoms with Crippen molar-refractivity contribution in [2.45, 2.75) is 44.9 Å². The van der Waals surface area contributed by atoms with E-state index in [1.54, 1.807) is 18.4 Å². The number of para-hydroxylation sites is 1. The predicted octanol–water partition coefficient (Wildman–Crippen LogP) is 3.55. The summed E-state index contributed by atoms with van der Waals surface area (Å²) >= 11 is 1.64. The first-order valence-corrected chi connectivity index (χ1v) is 8.91. The van der Waals surface area contributed by atoms with E-state index in [0.29, 0.717) is 0 Å². The summed E-state index contributed by atoms with van der Waals surface area (Å²) in [5.41, 5.74) is 1.43. The van der Waals surface area contributed by atoms with Crippen LogP contribution in [0.15, 0.2) is 29.6 Å². The van der Waals surface area contributed by atoms with Crippen LogP contribution in [0.3, 0.4) is 0 Å². The van der Waals surface area contributed by atoms with Gasteiger partial charge in [-0.1, -0.05) is 12.1 Å². The van der Waals surface area contributed by atoms with Crippen LogP contribution in [0.2, 0.25) is 0 Å². The monoisotopic (exact) mass is 332 g/mol. The van der Waals surface area contributed by atoms with Gasteiger partial charge in [-0.3, -0.25) is 4.90 Å². The molecule has 1 saturated heterocycles. The highest BCUT2D eigenvalue weighted by atomic mass is 32.1. The zero-order chi connectivity index (χ0) is 16.4. The molecule has 0 aliphatic carbocycles. The molecule has 1 aromatic heterocycles. The number of hydrogen-bond acceptors (Lipinski definition) is 5. The van der Waals surface area contributed by atoms with Gasteiger partial charge in [0.05, 0.1) is 24.0 Å². The summed E-state index contributed by atoms with van der Waals surface area (Å²) < 4.78 is 5.43. The number of methoxy groups -OCH3 is 1. The van der Waals surface area contributed by atoms with E-state index in [1.165, 1.54) is 0 Å². The van der Waals surface area contributed by atoms with Gasteiger partial charge >= 0.3 is 0 Å². The summed E-state index contributed by atoms with van der Waals surface area (Å²) in [6.07, 6.45) is 2.19. The Hall–Kier alpha value is -1.43. The van der Waals surface area contributed by atoms with Gasteiger partial charge in [0.25, 0.3) is 0 Å². The second-order valence-electron chi connectivity index (χ2n) is 6.63. The van der Waals surface area contributed by atoms with Crippen LogP contribution in [0.1, 0.15) is 32.4 Å². The molecule has 1 atom stereocenters. The lowest BCUT2D eigenvalue weighted by molar-refractivity contribution is -0.00530. The highest BCUT2D eigenvalue weighted by molar-refractivity contribution is 7.13. The number of thiazole rings is 1. The fourth-order valence-electron chi connectivity index (χ4n) is 3.35. The molecule has 4 nitrogen and oxygen atoms in total. The third-order valence-electron chi connectivity index (χ3n) is 4.43. The first-order chi connectivity index (χ1) is 11.0. The van der Waals surface area contributed by atoms with E-state index in [2.05, 4.69) is 10.3 Å². The van der Waals surface area contributed by atoms with Crippen LogP contribution in [0, 0.1) is 0 Å². The zero-order valence-electron chi connectivity index (χ0n) is 14.0.